The van der Waals surface area contributed by atoms with Crippen LogP contribution in [0.5, 0.6) is 0 Å². The summed E-state index contributed by atoms with van der Waals surface area (Å²) in [6.45, 7) is 9.96. The zero-order valence-corrected chi connectivity index (χ0v) is 17.0. The molecule has 5 heteroatoms. The van der Waals surface area contributed by atoms with Gasteiger partial charge in [0.1, 0.15) is 17.0 Å². The van der Waals surface area contributed by atoms with Crippen molar-refractivity contribution in [1.29, 1.82) is 0 Å². The van der Waals surface area contributed by atoms with Crippen molar-refractivity contribution in [2.24, 2.45) is 5.92 Å². The minimum Gasteiger partial charge on any atom is -0.369 e. The second-order valence-electron chi connectivity index (χ2n) is 8.11. The van der Waals surface area contributed by atoms with Crippen LogP contribution in [0.25, 0.3) is 20.4 Å². The third kappa shape index (κ3) is 3.07. The number of anilines is 1. The average molecular weight is 369 g/mol. The maximum atomic E-state index is 5.10. The summed E-state index contributed by atoms with van der Waals surface area (Å²) in [5.74, 6) is 2.12. The molecule has 26 heavy (non-hydrogen) atoms. The van der Waals surface area contributed by atoms with Crippen LogP contribution < -0.4 is 5.32 Å². The van der Waals surface area contributed by atoms with Crippen LogP contribution >= 0.6 is 11.3 Å². The van der Waals surface area contributed by atoms with E-state index in [0.29, 0.717) is 11.8 Å². The van der Waals surface area contributed by atoms with Crippen molar-refractivity contribution < 1.29 is 0 Å². The van der Waals surface area contributed by atoms with Gasteiger partial charge in [0.05, 0.1) is 10.2 Å². The number of hydrogen-bond donors (Lipinski definition) is 1. The van der Waals surface area contributed by atoms with Gasteiger partial charge >= 0.3 is 0 Å². The van der Waals surface area contributed by atoms with E-state index in [4.69, 9.17) is 4.98 Å². The largest absolute Gasteiger partial charge is 0.369 e. The number of fused-ring (bicyclic) bond motifs is 5. The Bertz CT molecular complexity index is 942. The van der Waals surface area contributed by atoms with Gasteiger partial charge in [-0.15, -0.1) is 11.3 Å². The Labute approximate surface area is 159 Å². The second kappa shape index (κ2) is 7.10. The predicted octanol–water partition coefficient (Wildman–Crippen LogP) is 5.70. The molecule has 0 unspecified atom stereocenters. The van der Waals surface area contributed by atoms with Crippen LogP contribution in [-0.2, 0) is 12.8 Å². The van der Waals surface area contributed by atoms with Crippen LogP contribution in [-0.4, -0.2) is 21.5 Å². The van der Waals surface area contributed by atoms with Gasteiger partial charge in [0.25, 0.3) is 0 Å². The molecule has 1 aliphatic carbocycles. The smallest absolute Gasteiger partial charge is 0.147 e. The van der Waals surface area contributed by atoms with Crippen molar-refractivity contribution in [1.82, 2.24) is 15.0 Å². The first-order valence-electron chi connectivity index (χ1n) is 9.89. The van der Waals surface area contributed by atoms with E-state index in [2.05, 4.69) is 43.0 Å². The molecule has 0 saturated carbocycles. The first kappa shape index (κ1) is 17.7. The molecule has 3 heterocycles. The van der Waals surface area contributed by atoms with Gasteiger partial charge in [-0.3, -0.25) is 0 Å². The summed E-state index contributed by atoms with van der Waals surface area (Å²) in [5.41, 5.74) is 5.38. The van der Waals surface area contributed by atoms with Crippen molar-refractivity contribution in [3.8, 4) is 0 Å². The van der Waals surface area contributed by atoms with Crippen LogP contribution in [0.3, 0.4) is 0 Å². The van der Waals surface area contributed by atoms with E-state index < -0.39 is 0 Å². The Morgan fingerprint density at radius 1 is 1.08 bits per heavy atom. The molecule has 0 aliphatic heterocycles. The molecule has 4 rings (SSSR count). The van der Waals surface area contributed by atoms with Gasteiger partial charge in [0.2, 0.25) is 0 Å². The molecule has 0 atom stereocenters. The van der Waals surface area contributed by atoms with Gasteiger partial charge in [-0.2, -0.15) is 0 Å². The SMILES string of the molecule is CC(C)CCNc1ncnc2c1sc1nc(C(C)C)c3c(c12)CCCC3. The maximum absolute atomic E-state index is 5.10. The van der Waals surface area contributed by atoms with E-state index in [1.807, 2.05) is 0 Å². The van der Waals surface area contributed by atoms with Crippen molar-refractivity contribution in [2.45, 2.75) is 65.7 Å². The van der Waals surface area contributed by atoms with Gasteiger partial charge in [-0.1, -0.05) is 27.7 Å². The van der Waals surface area contributed by atoms with Crippen LogP contribution in [0.1, 0.15) is 69.7 Å². The highest BCUT2D eigenvalue weighted by atomic mass is 32.1. The molecule has 0 fully saturated rings. The summed E-state index contributed by atoms with van der Waals surface area (Å²) in [7, 11) is 0. The highest BCUT2D eigenvalue weighted by Gasteiger charge is 2.24. The van der Waals surface area contributed by atoms with E-state index in [-0.39, 0.29) is 0 Å². The molecule has 3 aromatic heterocycles. The van der Waals surface area contributed by atoms with Crippen LogP contribution in [0.4, 0.5) is 5.82 Å². The third-order valence-corrected chi connectivity index (χ3v) is 6.39. The molecule has 4 nitrogen and oxygen atoms in total. The molecule has 1 N–H and O–H groups in total. The van der Waals surface area contributed by atoms with E-state index in [0.717, 1.165) is 46.7 Å². The minimum absolute atomic E-state index is 0.464. The van der Waals surface area contributed by atoms with Crippen LogP contribution in [0.2, 0.25) is 0 Å². The molecular formula is C21H28N4S. The molecule has 0 aromatic carbocycles. The monoisotopic (exact) mass is 368 g/mol. The molecule has 3 aromatic rings. The Kier molecular flexibility index (Phi) is 4.82. The summed E-state index contributed by atoms with van der Waals surface area (Å²) >= 11 is 1.75. The lowest BCUT2D eigenvalue weighted by molar-refractivity contribution is 0.607. The number of hydrogen-bond acceptors (Lipinski definition) is 5. The lowest BCUT2D eigenvalue weighted by Gasteiger charge is -2.21. The van der Waals surface area contributed by atoms with E-state index in [9.17, 15) is 0 Å². The van der Waals surface area contributed by atoms with Crippen LogP contribution in [0.15, 0.2) is 6.33 Å². The summed E-state index contributed by atoms with van der Waals surface area (Å²) in [6.07, 6.45) is 7.71. The van der Waals surface area contributed by atoms with Gasteiger partial charge in [0, 0.05) is 17.6 Å². The van der Waals surface area contributed by atoms with E-state index in [1.165, 1.54) is 35.0 Å². The summed E-state index contributed by atoms with van der Waals surface area (Å²) in [5, 5.41) is 4.82. The molecule has 1 aliphatic rings. The Morgan fingerprint density at radius 2 is 1.85 bits per heavy atom. The minimum atomic E-state index is 0.464. The fourth-order valence-electron chi connectivity index (χ4n) is 3.97. The van der Waals surface area contributed by atoms with Gasteiger partial charge in [0.15, 0.2) is 0 Å². The molecular weight excluding hydrogens is 340 g/mol. The number of aryl methyl sites for hydroxylation is 1. The zero-order valence-electron chi connectivity index (χ0n) is 16.2. The van der Waals surface area contributed by atoms with Crippen molar-refractivity contribution in [3.05, 3.63) is 23.1 Å². The maximum Gasteiger partial charge on any atom is 0.147 e. The number of aromatic nitrogens is 3. The highest BCUT2D eigenvalue weighted by molar-refractivity contribution is 7.26. The number of nitrogens with zero attached hydrogens (tertiary/aromatic N) is 3. The molecule has 0 amide bonds. The lowest BCUT2D eigenvalue weighted by Crippen LogP contribution is -2.10. The highest BCUT2D eigenvalue weighted by Crippen LogP contribution is 2.41. The number of rotatable bonds is 5. The quantitative estimate of drug-likeness (QED) is 0.627. The third-order valence-electron chi connectivity index (χ3n) is 5.32. The molecule has 0 radical (unpaired) electrons. The van der Waals surface area contributed by atoms with Gasteiger partial charge < -0.3 is 5.32 Å². The number of pyridine rings is 1. The number of thiophene rings is 1. The molecule has 0 spiro atoms. The van der Waals surface area contributed by atoms with E-state index in [1.54, 1.807) is 17.7 Å². The van der Waals surface area contributed by atoms with Gasteiger partial charge in [-0.25, -0.2) is 15.0 Å². The Hall–Kier alpha value is -1.75. The average Bonchev–Trinajstić information content (AvgIpc) is 3.00. The van der Waals surface area contributed by atoms with Crippen molar-refractivity contribution in [3.63, 3.8) is 0 Å². The normalized spacial score (nSPS) is 14.5. The molecule has 0 saturated heterocycles. The summed E-state index contributed by atoms with van der Waals surface area (Å²) < 4.78 is 1.16. The second-order valence-corrected chi connectivity index (χ2v) is 9.11. The Morgan fingerprint density at radius 3 is 2.58 bits per heavy atom. The fourth-order valence-corrected chi connectivity index (χ4v) is 5.10. The van der Waals surface area contributed by atoms with E-state index >= 15 is 0 Å². The summed E-state index contributed by atoms with van der Waals surface area (Å²) in [4.78, 5) is 15.4. The molecule has 138 valence electrons. The topological polar surface area (TPSA) is 50.7 Å². The molecule has 0 bridgehead atoms. The van der Waals surface area contributed by atoms with Crippen molar-refractivity contribution in [2.75, 3.05) is 11.9 Å². The van der Waals surface area contributed by atoms with Gasteiger partial charge in [-0.05, 0) is 55.1 Å². The first-order valence-corrected chi connectivity index (χ1v) is 10.7. The summed E-state index contributed by atoms with van der Waals surface area (Å²) in [6, 6.07) is 0. The standard InChI is InChI=1S/C21H28N4S/c1-12(2)9-10-22-20-19-18(23-11-24-20)16-14-7-5-6-8-15(14)17(13(3)4)25-21(16)26-19/h11-13H,5-10H2,1-4H3,(H,22,23,24). The van der Waals surface area contributed by atoms with Crippen molar-refractivity contribution >= 4 is 37.6 Å². The first-order chi connectivity index (χ1) is 12.6. The fraction of sp³-hybridized carbons (Fsp3) is 0.571. The zero-order chi connectivity index (χ0) is 18.3. The lowest BCUT2D eigenvalue weighted by atomic mass is 9.86. The number of nitrogens with one attached hydrogen (secondary N) is 1. The Balaban J connectivity index is 1.88. The predicted molar refractivity (Wildman–Crippen MR) is 111 cm³/mol. The van der Waals surface area contributed by atoms with Crippen LogP contribution in [0, 0.1) is 5.92 Å².